The molecule has 2 aromatic rings. The summed E-state index contributed by atoms with van der Waals surface area (Å²) in [5.74, 6) is -3.86. The number of hydrogen-bond donors (Lipinski definition) is 2. The van der Waals surface area contributed by atoms with E-state index in [1.807, 2.05) is 0 Å². The Balaban J connectivity index is 1.80. The van der Waals surface area contributed by atoms with Crippen LogP contribution in [-0.4, -0.2) is 50.4 Å². The Morgan fingerprint density at radius 1 is 1.42 bits per heavy atom. The van der Waals surface area contributed by atoms with Crippen molar-refractivity contribution in [2.24, 2.45) is 0 Å². The molecule has 0 aromatic carbocycles. The standard InChI is InChI=1S/C20H21ClF2N4O4/c1-10(12-6-15(21)18(25-7-12)31-9-20(3,22)23)27-8-14-13(19(27)30)4-5-24-16(14)26-17(29)11(2)28/h4-7,10-11,28H,8-9H2,1-3H3,(H,24,26,29). The molecule has 0 aliphatic carbocycles. The Kier molecular flexibility index (Phi) is 6.42. The lowest BCUT2D eigenvalue weighted by atomic mass is 10.1. The molecule has 0 spiro atoms. The van der Waals surface area contributed by atoms with E-state index in [1.54, 1.807) is 17.9 Å². The highest BCUT2D eigenvalue weighted by atomic mass is 35.5. The van der Waals surface area contributed by atoms with Gasteiger partial charge in [0.05, 0.1) is 12.6 Å². The van der Waals surface area contributed by atoms with Crippen LogP contribution in [0.15, 0.2) is 24.5 Å². The van der Waals surface area contributed by atoms with Crippen molar-refractivity contribution >= 4 is 29.2 Å². The molecule has 2 N–H and O–H groups in total. The summed E-state index contributed by atoms with van der Waals surface area (Å²) in [7, 11) is 0. The van der Waals surface area contributed by atoms with Gasteiger partial charge in [-0.15, -0.1) is 0 Å². The highest BCUT2D eigenvalue weighted by Crippen LogP contribution is 2.35. The molecule has 3 rings (SSSR count). The maximum atomic E-state index is 13.0. The fourth-order valence-electron chi connectivity index (χ4n) is 3.04. The largest absolute Gasteiger partial charge is 0.470 e. The zero-order valence-corrected chi connectivity index (χ0v) is 17.8. The number of amides is 2. The van der Waals surface area contributed by atoms with Gasteiger partial charge >= 0.3 is 0 Å². The van der Waals surface area contributed by atoms with Gasteiger partial charge in [-0.3, -0.25) is 9.59 Å². The van der Waals surface area contributed by atoms with Crippen molar-refractivity contribution in [2.75, 3.05) is 11.9 Å². The Hall–Kier alpha value is -2.85. The lowest BCUT2D eigenvalue weighted by molar-refractivity contribution is -0.123. The van der Waals surface area contributed by atoms with Crippen molar-refractivity contribution in [3.05, 3.63) is 46.2 Å². The summed E-state index contributed by atoms with van der Waals surface area (Å²) in [5.41, 5.74) is 1.48. The summed E-state index contributed by atoms with van der Waals surface area (Å²) < 4.78 is 31.0. The molecule has 0 bridgehead atoms. The zero-order chi connectivity index (χ0) is 22.9. The van der Waals surface area contributed by atoms with Crippen molar-refractivity contribution in [3.63, 3.8) is 0 Å². The maximum Gasteiger partial charge on any atom is 0.278 e. The van der Waals surface area contributed by atoms with Crippen LogP contribution in [0.3, 0.4) is 0 Å². The van der Waals surface area contributed by atoms with Crippen molar-refractivity contribution in [1.29, 1.82) is 0 Å². The van der Waals surface area contributed by atoms with Crippen LogP contribution in [0.5, 0.6) is 5.88 Å². The van der Waals surface area contributed by atoms with Crippen LogP contribution < -0.4 is 10.1 Å². The number of aromatic nitrogens is 2. The first-order valence-electron chi connectivity index (χ1n) is 9.42. The highest BCUT2D eigenvalue weighted by molar-refractivity contribution is 6.31. The number of hydrogen-bond acceptors (Lipinski definition) is 6. The Bertz CT molecular complexity index is 1010. The molecule has 2 amide bonds. The first-order valence-corrected chi connectivity index (χ1v) is 9.79. The van der Waals surface area contributed by atoms with E-state index >= 15 is 0 Å². The van der Waals surface area contributed by atoms with Crippen LogP contribution in [-0.2, 0) is 11.3 Å². The van der Waals surface area contributed by atoms with Gasteiger partial charge in [0.2, 0.25) is 5.88 Å². The number of carbonyl (C=O) groups excluding carboxylic acids is 2. The number of carbonyl (C=O) groups is 2. The van der Waals surface area contributed by atoms with Gasteiger partial charge in [0.1, 0.15) is 16.9 Å². The van der Waals surface area contributed by atoms with Gasteiger partial charge in [0.25, 0.3) is 17.7 Å². The second-order valence-electron chi connectivity index (χ2n) is 7.37. The third-order valence-electron chi connectivity index (χ3n) is 4.74. The summed E-state index contributed by atoms with van der Waals surface area (Å²) in [4.78, 5) is 34.4. The third-order valence-corrected chi connectivity index (χ3v) is 5.01. The van der Waals surface area contributed by atoms with Crippen LogP contribution in [0, 0.1) is 0 Å². The van der Waals surface area contributed by atoms with Crippen molar-refractivity contribution < 1.29 is 28.2 Å². The van der Waals surface area contributed by atoms with E-state index in [9.17, 15) is 23.5 Å². The molecule has 11 heteroatoms. The van der Waals surface area contributed by atoms with E-state index in [0.29, 0.717) is 16.7 Å². The molecule has 3 heterocycles. The Labute approximate surface area is 182 Å². The number of fused-ring (bicyclic) bond motifs is 1. The van der Waals surface area contributed by atoms with Gasteiger partial charge in [-0.05, 0) is 31.5 Å². The minimum absolute atomic E-state index is 0.0457. The van der Waals surface area contributed by atoms with Gasteiger partial charge in [0, 0.05) is 30.4 Å². The average molecular weight is 455 g/mol. The second kappa shape index (κ2) is 8.72. The lowest BCUT2D eigenvalue weighted by Gasteiger charge is -2.25. The number of aliphatic hydroxyl groups is 1. The molecule has 2 unspecified atom stereocenters. The number of anilines is 1. The van der Waals surface area contributed by atoms with Gasteiger partial charge in [-0.1, -0.05) is 11.6 Å². The van der Waals surface area contributed by atoms with Crippen molar-refractivity contribution in [3.8, 4) is 5.88 Å². The number of nitrogens with zero attached hydrogens (tertiary/aromatic N) is 3. The average Bonchev–Trinajstić information content (AvgIpc) is 3.03. The fourth-order valence-corrected chi connectivity index (χ4v) is 3.27. The molecular formula is C20H21ClF2N4O4. The molecule has 2 atom stereocenters. The van der Waals surface area contributed by atoms with Gasteiger partial charge < -0.3 is 20.1 Å². The fraction of sp³-hybridized carbons (Fsp3) is 0.400. The predicted molar refractivity (Wildman–Crippen MR) is 108 cm³/mol. The number of nitrogens with one attached hydrogen (secondary N) is 1. The number of rotatable bonds is 7. The molecule has 166 valence electrons. The SMILES string of the molecule is CC(O)C(=O)Nc1nccc2c1CN(C(C)c1cnc(OCC(C)(F)F)c(Cl)c1)C2=O. The number of halogens is 3. The highest BCUT2D eigenvalue weighted by Gasteiger charge is 2.34. The normalized spacial score (nSPS) is 15.5. The summed E-state index contributed by atoms with van der Waals surface area (Å²) in [6.45, 7) is 3.11. The van der Waals surface area contributed by atoms with Gasteiger partial charge in [-0.2, -0.15) is 0 Å². The van der Waals surface area contributed by atoms with E-state index in [0.717, 1.165) is 6.92 Å². The van der Waals surface area contributed by atoms with Crippen LogP contribution in [0.25, 0.3) is 0 Å². The first kappa shape index (κ1) is 22.8. The van der Waals surface area contributed by atoms with Crippen molar-refractivity contribution in [1.82, 2.24) is 14.9 Å². The van der Waals surface area contributed by atoms with E-state index in [2.05, 4.69) is 15.3 Å². The van der Waals surface area contributed by atoms with Crippen LogP contribution in [0.1, 0.15) is 48.3 Å². The molecule has 0 radical (unpaired) electrons. The number of aliphatic hydroxyl groups excluding tert-OH is 1. The summed E-state index contributed by atoms with van der Waals surface area (Å²) in [6, 6.07) is 2.59. The van der Waals surface area contributed by atoms with Crippen LogP contribution >= 0.6 is 11.6 Å². The number of alkyl halides is 2. The van der Waals surface area contributed by atoms with Crippen LogP contribution in [0.2, 0.25) is 5.02 Å². The monoisotopic (exact) mass is 454 g/mol. The molecule has 8 nitrogen and oxygen atoms in total. The smallest absolute Gasteiger partial charge is 0.278 e. The molecule has 31 heavy (non-hydrogen) atoms. The minimum Gasteiger partial charge on any atom is -0.470 e. The summed E-state index contributed by atoms with van der Waals surface area (Å²) in [6.07, 6.45) is 1.58. The predicted octanol–water partition coefficient (Wildman–Crippen LogP) is 3.20. The van der Waals surface area contributed by atoms with Crippen LogP contribution in [0.4, 0.5) is 14.6 Å². The molecular weight excluding hydrogens is 434 g/mol. The molecule has 1 aliphatic heterocycles. The van der Waals surface area contributed by atoms with E-state index in [1.165, 1.54) is 25.4 Å². The van der Waals surface area contributed by atoms with Gasteiger partial charge in [-0.25, -0.2) is 18.7 Å². The van der Waals surface area contributed by atoms with Crippen molar-refractivity contribution in [2.45, 2.75) is 45.4 Å². The van der Waals surface area contributed by atoms with Gasteiger partial charge in [0.15, 0.2) is 6.61 Å². The molecule has 2 aromatic heterocycles. The molecule has 0 saturated heterocycles. The lowest BCUT2D eigenvalue weighted by Crippen LogP contribution is -2.27. The molecule has 1 aliphatic rings. The summed E-state index contributed by atoms with van der Waals surface area (Å²) >= 11 is 6.13. The quantitative estimate of drug-likeness (QED) is 0.665. The van der Waals surface area contributed by atoms with E-state index in [4.69, 9.17) is 16.3 Å². The Morgan fingerprint density at radius 2 is 2.13 bits per heavy atom. The zero-order valence-electron chi connectivity index (χ0n) is 17.0. The third kappa shape index (κ3) is 5.08. The first-order chi connectivity index (χ1) is 14.5. The number of pyridine rings is 2. The molecule has 0 fully saturated rings. The summed E-state index contributed by atoms with van der Waals surface area (Å²) in [5, 5.41) is 12.0. The minimum atomic E-state index is -3.03. The van der Waals surface area contributed by atoms with E-state index in [-0.39, 0.29) is 29.2 Å². The van der Waals surface area contributed by atoms with E-state index < -0.39 is 30.6 Å². The number of ether oxygens (including phenoxy) is 1. The maximum absolute atomic E-state index is 13.0. The Morgan fingerprint density at radius 3 is 2.74 bits per heavy atom. The topological polar surface area (TPSA) is 105 Å². The molecule has 0 saturated carbocycles. The second-order valence-corrected chi connectivity index (χ2v) is 7.78.